The van der Waals surface area contributed by atoms with Crippen molar-refractivity contribution in [1.29, 1.82) is 0 Å². The molecule has 0 radical (unpaired) electrons. The highest BCUT2D eigenvalue weighted by molar-refractivity contribution is 6.30. The van der Waals surface area contributed by atoms with Gasteiger partial charge < -0.3 is 91.0 Å². The van der Waals surface area contributed by atoms with Gasteiger partial charge in [0.05, 0.1) is 6.61 Å². The zero-order valence-corrected chi connectivity index (χ0v) is 56.3. The fourth-order valence-electron chi connectivity index (χ4n) is 10.8. The molecule has 1 aliphatic rings. The van der Waals surface area contributed by atoms with Gasteiger partial charge in [-0.05, 0) is 110 Å². The van der Waals surface area contributed by atoms with Gasteiger partial charge in [-0.1, -0.05) is 86.1 Å². The summed E-state index contributed by atoms with van der Waals surface area (Å²) in [6, 6.07) is 8.06. The van der Waals surface area contributed by atoms with E-state index in [1.165, 1.54) is 31.1 Å². The van der Waals surface area contributed by atoms with Crippen LogP contribution in [0.2, 0.25) is 5.02 Å². The van der Waals surface area contributed by atoms with E-state index in [1.54, 1.807) is 50.2 Å². The Balaban J connectivity index is 1.40. The van der Waals surface area contributed by atoms with Gasteiger partial charge in [-0.15, -0.1) is 0 Å². The second-order valence-corrected chi connectivity index (χ2v) is 24.8. The minimum Gasteiger partial charge on any atom is -0.481 e. The summed E-state index contributed by atoms with van der Waals surface area (Å²) >= 11 is 6.20. The molecule has 0 aliphatic carbocycles. The number of carboxylic acid groups (broad SMARTS) is 2. The number of fused-ring (bicyclic) bond motifs is 1. The summed E-state index contributed by atoms with van der Waals surface area (Å²) in [6.07, 6.45) is 1.40. The number of amides is 10. The van der Waals surface area contributed by atoms with Crippen molar-refractivity contribution in [2.24, 2.45) is 38.8 Å². The number of aliphatic hydroxyl groups excluding tert-OH is 1. The lowest BCUT2D eigenvalue weighted by atomic mass is 9.99. The molecule has 99 heavy (non-hydrogen) atoms. The van der Waals surface area contributed by atoms with Crippen LogP contribution >= 0.6 is 11.6 Å². The Morgan fingerprint density at radius 2 is 1.05 bits per heavy atom. The van der Waals surface area contributed by atoms with Gasteiger partial charge >= 0.3 is 11.9 Å². The Morgan fingerprint density at radius 1 is 0.566 bits per heavy atom. The minimum absolute atomic E-state index is 0.0191. The molecule has 2 heterocycles. The lowest BCUT2D eigenvalue weighted by Gasteiger charge is -2.31. The number of benzene rings is 3. The summed E-state index contributed by atoms with van der Waals surface area (Å²) in [4.78, 5) is 178. The summed E-state index contributed by atoms with van der Waals surface area (Å²) in [5.74, 6) is -12.5. The van der Waals surface area contributed by atoms with Crippen molar-refractivity contribution < 1.29 is 72.9 Å². The number of guanidine groups is 2. The standard InChI is InChI=1S/C66H90ClN17O15/c1-36(2)29-48(57(91)79-47(15-9-27-74-66(70)71)63(97)84-28-10-16-53(84)62(96)75-37(3)64(98)99)80-56(90)46(23-24-54(87)88)78-55(89)45(14-8-26-73-65(68)69)77-61(95)52(35-85)83-60(94)51(33-41-11-7-25-72-34-41)82-59(93)50(31-39-18-21-44(67)22-19-39)81-58(92)49(76-38(4)86)32-40-17-20-42-12-5-6-13-43(42)30-40/h5-7,11-13,17-22,25,30,34,36-37,45-53,85H,8-10,14-16,23-24,26-29,31-33,35H2,1-4H3,(H,75,96)(H,76,86)(H,77,95)(H,78,89)(H,79,91)(H,80,90)(H,81,92)(H,82,93)(H,83,94)(H,87,88)(H,98,99)(H4,68,69,73)(H4,70,71,74)/t37-,45+,46-,47+,48+,49-,50-,51-,52+,53-/m1/s1. The van der Waals surface area contributed by atoms with Gasteiger partial charge in [-0.25, -0.2) is 0 Å². The molecular weight excluding hydrogens is 1310 g/mol. The van der Waals surface area contributed by atoms with Crippen LogP contribution in [0.15, 0.2) is 101 Å². The number of carbonyl (C=O) groups is 12. The topological polar surface area (TPSA) is 519 Å². The predicted molar refractivity (Wildman–Crippen MR) is 365 cm³/mol. The maximum Gasteiger partial charge on any atom is 0.325 e. The molecule has 0 saturated carbocycles. The van der Waals surface area contributed by atoms with E-state index in [2.05, 4.69) is 62.8 Å². The van der Waals surface area contributed by atoms with Crippen LogP contribution in [0, 0.1) is 5.92 Å². The molecule has 32 nitrogen and oxygen atoms in total. The number of carbonyl (C=O) groups excluding carboxylic acids is 10. The molecule has 4 aromatic rings. The van der Waals surface area contributed by atoms with Crippen molar-refractivity contribution in [3.05, 3.63) is 113 Å². The van der Waals surface area contributed by atoms with Gasteiger partial charge in [0.15, 0.2) is 11.9 Å². The van der Waals surface area contributed by atoms with E-state index in [0.717, 1.165) is 10.8 Å². The number of aliphatic hydroxyl groups is 1. The number of aromatic nitrogens is 1. The molecule has 1 fully saturated rings. The number of aliphatic carboxylic acids is 2. The van der Waals surface area contributed by atoms with Crippen molar-refractivity contribution >= 4 is 105 Å². The fraction of sp³-hybridized carbons (Fsp3) is 0.470. The quantitative estimate of drug-likeness (QED) is 0.0136. The van der Waals surface area contributed by atoms with Crippen LogP contribution in [-0.4, -0.2) is 195 Å². The molecule has 33 heteroatoms. The number of hydrogen-bond donors (Lipinski definition) is 16. The molecule has 20 N–H and O–H groups in total. The highest BCUT2D eigenvalue weighted by Gasteiger charge is 2.40. The molecule has 3 aromatic carbocycles. The average molecular weight is 1400 g/mol. The monoisotopic (exact) mass is 1400 g/mol. The lowest BCUT2D eigenvalue weighted by molar-refractivity contribution is -0.144. The first-order chi connectivity index (χ1) is 47.0. The first-order valence-electron chi connectivity index (χ1n) is 32.3. The molecule has 10 atom stereocenters. The number of likely N-dealkylation sites (tertiary alicyclic amines) is 1. The summed E-state index contributed by atoms with van der Waals surface area (Å²) in [7, 11) is 0. The van der Waals surface area contributed by atoms with E-state index in [4.69, 9.17) is 34.5 Å². The summed E-state index contributed by atoms with van der Waals surface area (Å²) < 4.78 is 0. The molecule has 1 aliphatic heterocycles. The summed E-state index contributed by atoms with van der Waals surface area (Å²) in [5.41, 5.74) is 23.8. The molecule has 536 valence electrons. The Hall–Kier alpha value is -10.5. The van der Waals surface area contributed by atoms with Crippen LogP contribution in [0.3, 0.4) is 0 Å². The van der Waals surface area contributed by atoms with E-state index in [0.29, 0.717) is 28.1 Å². The Labute approximate surface area is 576 Å². The average Bonchev–Trinajstić information content (AvgIpc) is 1.79. The highest BCUT2D eigenvalue weighted by atomic mass is 35.5. The third-order valence-electron chi connectivity index (χ3n) is 15.9. The molecule has 5 rings (SSSR count). The van der Waals surface area contributed by atoms with Crippen molar-refractivity contribution in [1.82, 2.24) is 57.7 Å². The van der Waals surface area contributed by atoms with E-state index in [1.807, 2.05) is 42.5 Å². The Kier molecular flexibility index (Phi) is 31.7. The van der Waals surface area contributed by atoms with E-state index < -0.39 is 151 Å². The van der Waals surface area contributed by atoms with Gasteiger partial charge in [0.2, 0.25) is 59.1 Å². The Morgan fingerprint density at radius 3 is 1.60 bits per heavy atom. The first kappa shape index (κ1) is 79.2. The number of nitrogens with two attached hydrogens (primary N) is 4. The molecule has 10 amide bonds. The van der Waals surface area contributed by atoms with Crippen molar-refractivity contribution in [3.8, 4) is 0 Å². The van der Waals surface area contributed by atoms with Gasteiger partial charge in [0.25, 0.3) is 0 Å². The van der Waals surface area contributed by atoms with Gasteiger partial charge in [0, 0.05) is 69.7 Å². The van der Waals surface area contributed by atoms with Crippen LogP contribution in [-0.2, 0) is 76.8 Å². The van der Waals surface area contributed by atoms with Crippen molar-refractivity contribution in [2.75, 3.05) is 26.2 Å². The number of nitrogens with zero attached hydrogens (tertiary/aromatic N) is 4. The fourth-order valence-corrected chi connectivity index (χ4v) is 11.0. The zero-order chi connectivity index (χ0) is 72.9. The highest BCUT2D eigenvalue weighted by Crippen LogP contribution is 2.22. The number of rotatable bonds is 39. The Bertz CT molecular complexity index is 3540. The number of nitrogens with one attached hydrogen (secondary N) is 9. The smallest absolute Gasteiger partial charge is 0.325 e. The third kappa shape index (κ3) is 26.8. The van der Waals surface area contributed by atoms with Gasteiger partial charge in [-0.3, -0.25) is 72.5 Å². The number of aliphatic imine (C=N–C) groups is 2. The second-order valence-electron chi connectivity index (χ2n) is 24.4. The maximum absolute atomic E-state index is 14.7. The molecule has 1 aromatic heterocycles. The minimum atomic E-state index is -1.87. The molecular formula is C66H90ClN17O15. The summed E-state index contributed by atoms with van der Waals surface area (Å²) in [6.45, 7) is 4.83. The van der Waals surface area contributed by atoms with E-state index in [9.17, 15) is 72.9 Å². The van der Waals surface area contributed by atoms with Crippen LogP contribution < -0.4 is 70.8 Å². The zero-order valence-electron chi connectivity index (χ0n) is 55.5. The predicted octanol–water partition coefficient (Wildman–Crippen LogP) is -1.59. The van der Waals surface area contributed by atoms with Crippen LogP contribution in [0.1, 0.15) is 102 Å². The van der Waals surface area contributed by atoms with Gasteiger partial charge in [-0.2, -0.15) is 0 Å². The van der Waals surface area contributed by atoms with Crippen LogP contribution in [0.4, 0.5) is 0 Å². The second kappa shape index (κ2) is 39.6. The number of carboxylic acids is 2. The summed E-state index contributed by atoms with van der Waals surface area (Å²) in [5, 5.41) is 55.3. The number of hydrogen-bond acceptors (Lipinski definition) is 16. The molecule has 0 bridgehead atoms. The number of pyridine rings is 1. The van der Waals surface area contributed by atoms with Crippen LogP contribution in [0.25, 0.3) is 10.8 Å². The molecule has 0 unspecified atom stereocenters. The third-order valence-corrected chi connectivity index (χ3v) is 16.1. The van der Waals surface area contributed by atoms with Gasteiger partial charge in [0.1, 0.15) is 60.4 Å². The molecule has 0 spiro atoms. The largest absolute Gasteiger partial charge is 0.481 e. The van der Waals surface area contributed by atoms with Crippen molar-refractivity contribution in [3.63, 3.8) is 0 Å². The normalized spacial score (nSPS) is 15.3. The first-order valence-corrected chi connectivity index (χ1v) is 32.7. The molecule has 1 saturated heterocycles. The SMILES string of the molecule is CC(=O)N[C@H](Cc1ccc2ccccc2c1)C(=O)N[C@H](Cc1ccc(Cl)cc1)C(=O)N[C@H](Cc1cccnc1)C(=O)N[C@@H](CO)C(=O)N[C@@H](CCCN=C(N)N)C(=O)N[C@H](CCC(=O)O)C(=O)N[C@@H](CC(C)C)C(=O)N[C@@H](CCCN=C(N)N)C(=O)N1CCC[C@@H]1C(=O)N[C@H](C)C(=O)O. The van der Waals surface area contributed by atoms with Crippen molar-refractivity contribution in [2.45, 2.75) is 165 Å². The van der Waals surface area contributed by atoms with E-state index in [-0.39, 0.29) is 95.3 Å². The van der Waals surface area contributed by atoms with Crippen LogP contribution in [0.5, 0.6) is 0 Å². The number of halogens is 1. The lowest BCUT2D eigenvalue weighted by Crippen LogP contribution is -2.61. The van der Waals surface area contributed by atoms with E-state index >= 15 is 0 Å². The maximum atomic E-state index is 14.7.